The Balaban J connectivity index is 2.22. The molecule has 2 aromatic rings. The van der Waals surface area contributed by atoms with Gasteiger partial charge in [0.15, 0.2) is 0 Å². The fourth-order valence-electron chi connectivity index (χ4n) is 2.08. The summed E-state index contributed by atoms with van der Waals surface area (Å²) in [6.07, 6.45) is 1.01. The lowest BCUT2D eigenvalue weighted by atomic mass is 9.86. The molecule has 2 N–H and O–H groups in total. The summed E-state index contributed by atoms with van der Waals surface area (Å²) in [5.41, 5.74) is 8.15. The minimum Gasteiger partial charge on any atom is -0.494 e. The summed E-state index contributed by atoms with van der Waals surface area (Å²) >= 11 is 3.44. The van der Waals surface area contributed by atoms with Gasteiger partial charge in [-0.25, -0.2) is 0 Å². The Bertz CT molecular complexity index is 546. The molecule has 0 aliphatic carbocycles. The maximum absolute atomic E-state index is 6.50. The average molecular weight is 334 g/mol. The van der Waals surface area contributed by atoms with Gasteiger partial charge in [0, 0.05) is 4.47 Å². The van der Waals surface area contributed by atoms with Crippen LogP contribution in [0.25, 0.3) is 0 Å². The van der Waals surface area contributed by atoms with Crippen LogP contribution < -0.4 is 10.5 Å². The van der Waals surface area contributed by atoms with Crippen molar-refractivity contribution in [3.63, 3.8) is 0 Å². The van der Waals surface area contributed by atoms with Gasteiger partial charge in [0.2, 0.25) is 0 Å². The molecule has 0 saturated carbocycles. The van der Waals surface area contributed by atoms with Crippen molar-refractivity contribution in [1.29, 1.82) is 0 Å². The van der Waals surface area contributed by atoms with E-state index in [1.54, 1.807) is 0 Å². The van der Waals surface area contributed by atoms with Crippen LogP contribution in [-0.2, 0) is 5.54 Å². The molecule has 2 rings (SSSR count). The Hall–Kier alpha value is -1.32. The molecule has 0 spiro atoms. The number of ether oxygens (including phenoxy) is 1. The van der Waals surface area contributed by atoms with Crippen LogP contribution in [0.4, 0.5) is 0 Å². The quantitative estimate of drug-likeness (QED) is 0.876. The Kier molecular flexibility index (Phi) is 4.84. The number of hydrogen-bond donors (Lipinski definition) is 1. The Labute approximate surface area is 129 Å². The largest absolute Gasteiger partial charge is 0.494 e. The first kappa shape index (κ1) is 15.1. The van der Waals surface area contributed by atoms with Crippen molar-refractivity contribution in [2.24, 2.45) is 5.73 Å². The number of rotatable bonds is 5. The van der Waals surface area contributed by atoms with Crippen molar-refractivity contribution in [3.05, 3.63) is 64.1 Å². The Morgan fingerprint density at radius 3 is 2.00 bits per heavy atom. The van der Waals surface area contributed by atoms with Crippen LogP contribution in [0.1, 0.15) is 31.4 Å². The summed E-state index contributed by atoms with van der Waals surface area (Å²) in [6, 6.07) is 16.2. The molecule has 0 aromatic heterocycles. The van der Waals surface area contributed by atoms with Crippen LogP contribution in [-0.4, -0.2) is 6.61 Å². The summed E-state index contributed by atoms with van der Waals surface area (Å²) in [4.78, 5) is 0. The smallest absolute Gasteiger partial charge is 0.119 e. The van der Waals surface area contributed by atoms with E-state index in [0.717, 1.165) is 34.4 Å². The average Bonchev–Trinajstić information content (AvgIpc) is 2.46. The van der Waals surface area contributed by atoms with E-state index in [4.69, 9.17) is 10.5 Å². The van der Waals surface area contributed by atoms with Crippen molar-refractivity contribution in [3.8, 4) is 5.75 Å². The lowest BCUT2D eigenvalue weighted by Crippen LogP contribution is -2.34. The highest BCUT2D eigenvalue weighted by atomic mass is 79.9. The molecule has 1 atom stereocenters. The summed E-state index contributed by atoms with van der Waals surface area (Å²) in [5.74, 6) is 0.891. The highest BCUT2D eigenvalue weighted by Crippen LogP contribution is 2.28. The van der Waals surface area contributed by atoms with Gasteiger partial charge < -0.3 is 10.5 Å². The van der Waals surface area contributed by atoms with Crippen molar-refractivity contribution in [1.82, 2.24) is 0 Å². The highest BCUT2D eigenvalue weighted by molar-refractivity contribution is 9.10. The highest BCUT2D eigenvalue weighted by Gasteiger charge is 2.23. The van der Waals surface area contributed by atoms with Crippen LogP contribution in [0.15, 0.2) is 53.0 Å². The van der Waals surface area contributed by atoms with E-state index < -0.39 is 5.54 Å². The van der Waals surface area contributed by atoms with E-state index in [0.29, 0.717) is 0 Å². The molecule has 2 aromatic carbocycles. The van der Waals surface area contributed by atoms with Gasteiger partial charge in [0.25, 0.3) is 0 Å². The predicted octanol–water partition coefficient (Wildman–Crippen LogP) is 4.46. The van der Waals surface area contributed by atoms with Crippen LogP contribution in [0.5, 0.6) is 5.75 Å². The van der Waals surface area contributed by atoms with Gasteiger partial charge in [-0.05, 0) is 48.7 Å². The number of nitrogens with two attached hydrogens (primary N) is 1. The van der Waals surface area contributed by atoms with E-state index in [9.17, 15) is 0 Å². The second-order valence-electron chi connectivity index (χ2n) is 5.08. The molecule has 0 aliphatic rings. The number of benzene rings is 2. The lowest BCUT2D eigenvalue weighted by molar-refractivity contribution is 0.317. The van der Waals surface area contributed by atoms with Gasteiger partial charge in [-0.1, -0.05) is 47.1 Å². The second-order valence-corrected chi connectivity index (χ2v) is 6.00. The van der Waals surface area contributed by atoms with Crippen molar-refractivity contribution >= 4 is 15.9 Å². The molecule has 0 fully saturated rings. The molecule has 1 unspecified atom stereocenters. The lowest BCUT2D eigenvalue weighted by Gasteiger charge is -2.26. The van der Waals surface area contributed by atoms with Gasteiger partial charge in [0.05, 0.1) is 12.1 Å². The predicted molar refractivity (Wildman–Crippen MR) is 87.0 cm³/mol. The van der Waals surface area contributed by atoms with Gasteiger partial charge in [-0.2, -0.15) is 0 Å². The fraction of sp³-hybridized carbons (Fsp3) is 0.294. The monoisotopic (exact) mass is 333 g/mol. The molecule has 0 bridgehead atoms. The normalized spacial score (nSPS) is 13.8. The maximum Gasteiger partial charge on any atom is 0.119 e. The van der Waals surface area contributed by atoms with Crippen molar-refractivity contribution in [2.75, 3.05) is 6.61 Å². The summed E-state index contributed by atoms with van der Waals surface area (Å²) in [5, 5.41) is 0. The van der Waals surface area contributed by atoms with Crippen LogP contribution in [0, 0.1) is 0 Å². The maximum atomic E-state index is 6.50. The molecule has 3 heteroatoms. The molecular formula is C17H20BrNO. The Morgan fingerprint density at radius 1 is 1.00 bits per heavy atom. The number of halogens is 1. The van der Waals surface area contributed by atoms with E-state index in [1.807, 2.05) is 55.5 Å². The first-order valence-electron chi connectivity index (χ1n) is 6.82. The standard InChI is InChI=1S/C17H20BrNO/c1-3-12-20-16-10-6-14(7-11-16)17(2,19)13-4-8-15(18)9-5-13/h4-11H,3,12,19H2,1-2H3. The molecular weight excluding hydrogens is 314 g/mol. The third-order valence-electron chi connectivity index (χ3n) is 3.37. The molecule has 0 heterocycles. The minimum absolute atomic E-state index is 0.510. The first-order chi connectivity index (χ1) is 9.54. The van der Waals surface area contributed by atoms with Crippen LogP contribution >= 0.6 is 15.9 Å². The molecule has 0 radical (unpaired) electrons. The SMILES string of the molecule is CCCOc1ccc(C(C)(N)c2ccc(Br)cc2)cc1. The minimum atomic E-state index is -0.510. The van der Waals surface area contributed by atoms with E-state index in [-0.39, 0.29) is 0 Å². The third kappa shape index (κ3) is 3.41. The van der Waals surface area contributed by atoms with Crippen LogP contribution in [0.3, 0.4) is 0 Å². The zero-order chi connectivity index (χ0) is 14.6. The summed E-state index contributed by atoms with van der Waals surface area (Å²) in [7, 11) is 0. The molecule has 0 aliphatic heterocycles. The van der Waals surface area contributed by atoms with E-state index in [1.165, 1.54) is 0 Å². The molecule has 106 valence electrons. The molecule has 0 saturated heterocycles. The topological polar surface area (TPSA) is 35.2 Å². The third-order valence-corrected chi connectivity index (χ3v) is 3.90. The zero-order valence-corrected chi connectivity index (χ0v) is 13.5. The molecule has 0 amide bonds. The van der Waals surface area contributed by atoms with E-state index >= 15 is 0 Å². The van der Waals surface area contributed by atoms with Gasteiger partial charge in [-0.15, -0.1) is 0 Å². The van der Waals surface area contributed by atoms with Gasteiger partial charge >= 0.3 is 0 Å². The van der Waals surface area contributed by atoms with Crippen molar-refractivity contribution in [2.45, 2.75) is 25.8 Å². The zero-order valence-electron chi connectivity index (χ0n) is 11.9. The van der Waals surface area contributed by atoms with Crippen molar-refractivity contribution < 1.29 is 4.74 Å². The second kappa shape index (κ2) is 6.42. The summed E-state index contributed by atoms with van der Waals surface area (Å²) in [6.45, 7) is 4.86. The van der Waals surface area contributed by atoms with Crippen LogP contribution in [0.2, 0.25) is 0 Å². The first-order valence-corrected chi connectivity index (χ1v) is 7.61. The fourth-order valence-corrected chi connectivity index (χ4v) is 2.34. The Morgan fingerprint density at radius 2 is 1.50 bits per heavy atom. The van der Waals surface area contributed by atoms with Gasteiger partial charge in [-0.3, -0.25) is 0 Å². The molecule has 20 heavy (non-hydrogen) atoms. The number of hydrogen-bond acceptors (Lipinski definition) is 2. The van der Waals surface area contributed by atoms with Gasteiger partial charge in [0.1, 0.15) is 5.75 Å². The molecule has 2 nitrogen and oxygen atoms in total. The van der Waals surface area contributed by atoms with E-state index in [2.05, 4.69) is 22.9 Å². The summed E-state index contributed by atoms with van der Waals surface area (Å²) < 4.78 is 6.65.